The molecule has 0 aliphatic carbocycles. The third-order valence-corrected chi connectivity index (χ3v) is 2.95. The van der Waals surface area contributed by atoms with Crippen LogP contribution in [0.4, 0.5) is 14.7 Å². The lowest BCUT2D eigenvalue weighted by molar-refractivity contribution is 0.369. The van der Waals surface area contributed by atoms with Crippen molar-refractivity contribution in [2.75, 3.05) is 5.73 Å². The fourth-order valence-electron chi connectivity index (χ4n) is 2.05. The molecule has 0 spiro atoms. The van der Waals surface area contributed by atoms with Crippen LogP contribution >= 0.6 is 0 Å². The SMILES string of the molecule is Cc1noc(CCn2c(N)nc3ccc(F)c(F)c32)n1. The Morgan fingerprint density at radius 2 is 2.10 bits per heavy atom. The summed E-state index contributed by atoms with van der Waals surface area (Å²) in [6.45, 7) is 1.97. The van der Waals surface area contributed by atoms with E-state index in [0.29, 0.717) is 23.7 Å². The van der Waals surface area contributed by atoms with E-state index in [1.807, 2.05) is 0 Å². The molecule has 1 aromatic carbocycles. The van der Waals surface area contributed by atoms with Crippen LogP contribution in [-0.4, -0.2) is 19.7 Å². The highest BCUT2D eigenvalue weighted by Gasteiger charge is 2.16. The van der Waals surface area contributed by atoms with Gasteiger partial charge in [-0.3, -0.25) is 0 Å². The number of benzene rings is 1. The molecule has 0 radical (unpaired) electrons. The zero-order chi connectivity index (χ0) is 14.3. The second-order valence-electron chi connectivity index (χ2n) is 4.34. The molecule has 6 nitrogen and oxygen atoms in total. The molecule has 2 aromatic heterocycles. The molecule has 104 valence electrons. The number of anilines is 1. The standard InChI is InChI=1S/C12H11F2N5O/c1-6-16-9(20-18-6)4-5-19-11-8(17-12(19)15)3-2-7(13)10(11)14/h2-3H,4-5H2,1H3,(H2,15,17). The molecule has 3 aromatic rings. The summed E-state index contributed by atoms with van der Waals surface area (Å²) in [5.74, 6) is -0.873. The second kappa shape index (κ2) is 4.55. The number of hydrogen-bond acceptors (Lipinski definition) is 5. The first-order chi connectivity index (χ1) is 9.56. The van der Waals surface area contributed by atoms with E-state index >= 15 is 0 Å². The van der Waals surface area contributed by atoms with Crippen LogP contribution in [0.25, 0.3) is 11.0 Å². The Hall–Kier alpha value is -2.51. The van der Waals surface area contributed by atoms with Crippen molar-refractivity contribution >= 4 is 17.0 Å². The zero-order valence-electron chi connectivity index (χ0n) is 10.6. The molecule has 0 amide bonds. The average Bonchev–Trinajstić information content (AvgIpc) is 2.95. The normalized spacial score (nSPS) is 11.3. The van der Waals surface area contributed by atoms with Crippen LogP contribution in [0, 0.1) is 18.6 Å². The van der Waals surface area contributed by atoms with Crippen molar-refractivity contribution in [1.29, 1.82) is 0 Å². The summed E-state index contributed by atoms with van der Waals surface area (Å²) in [4.78, 5) is 8.04. The van der Waals surface area contributed by atoms with E-state index in [-0.39, 0.29) is 18.0 Å². The van der Waals surface area contributed by atoms with Crippen molar-refractivity contribution in [3.63, 3.8) is 0 Å². The number of nitrogens with zero attached hydrogens (tertiary/aromatic N) is 4. The fourth-order valence-corrected chi connectivity index (χ4v) is 2.05. The van der Waals surface area contributed by atoms with Crippen LogP contribution < -0.4 is 5.73 Å². The number of fused-ring (bicyclic) bond motifs is 1. The van der Waals surface area contributed by atoms with Crippen molar-refractivity contribution < 1.29 is 13.3 Å². The van der Waals surface area contributed by atoms with Crippen LogP contribution in [0.3, 0.4) is 0 Å². The first-order valence-electron chi connectivity index (χ1n) is 5.95. The van der Waals surface area contributed by atoms with Crippen molar-refractivity contribution in [3.05, 3.63) is 35.5 Å². The lowest BCUT2D eigenvalue weighted by Gasteiger charge is -2.05. The number of aromatic nitrogens is 4. The highest BCUT2D eigenvalue weighted by Crippen LogP contribution is 2.23. The number of nitrogen functional groups attached to an aromatic ring is 1. The van der Waals surface area contributed by atoms with Gasteiger partial charge in [-0.25, -0.2) is 13.8 Å². The number of halogens is 2. The topological polar surface area (TPSA) is 82.8 Å². The highest BCUT2D eigenvalue weighted by molar-refractivity contribution is 5.79. The van der Waals surface area contributed by atoms with Gasteiger partial charge in [0.25, 0.3) is 0 Å². The van der Waals surface area contributed by atoms with Crippen molar-refractivity contribution in [1.82, 2.24) is 19.7 Å². The molecule has 0 saturated heterocycles. The third kappa shape index (κ3) is 1.98. The summed E-state index contributed by atoms with van der Waals surface area (Å²) in [7, 11) is 0. The Morgan fingerprint density at radius 1 is 1.30 bits per heavy atom. The molecule has 0 unspecified atom stereocenters. The maximum Gasteiger partial charge on any atom is 0.228 e. The molecular formula is C12H11F2N5O. The smallest absolute Gasteiger partial charge is 0.228 e. The fraction of sp³-hybridized carbons (Fsp3) is 0.250. The van der Waals surface area contributed by atoms with Gasteiger partial charge in [-0.1, -0.05) is 5.16 Å². The molecule has 0 saturated carbocycles. The summed E-state index contributed by atoms with van der Waals surface area (Å²) < 4.78 is 33.5. The number of rotatable bonds is 3. The van der Waals surface area contributed by atoms with Gasteiger partial charge in [0.05, 0.1) is 5.52 Å². The Labute approximate surface area is 112 Å². The van der Waals surface area contributed by atoms with Gasteiger partial charge in [0.2, 0.25) is 11.8 Å². The van der Waals surface area contributed by atoms with Crippen molar-refractivity contribution in [2.24, 2.45) is 0 Å². The van der Waals surface area contributed by atoms with E-state index in [4.69, 9.17) is 10.3 Å². The predicted octanol–water partition coefficient (Wildman–Crippen LogP) is 1.83. The molecule has 3 rings (SSSR count). The minimum Gasteiger partial charge on any atom is -0.369 e. The van der Waals surface area contributed by atoms with Crippen LogP contribution in [-0.2, 0) is 13.0 Å². The Balaban J connectivity index is 1.98. The molecular weight excluding hydrogens is 268 g/mol. The van der Waals surface area contributed by atoms with E-state index < -0.39 is 11.6 Å². The Morgan fingerprint density at radius 3 is 2.80 bits per heavy atom. The largest absolute Gasteiger partial charge is 0.369 e. The number of aryl methyl sites for hydroxylation is 3. The number of nitrogens with two attached hydrogens (primary N) is 1. The molecule has 2 N–H and O–H groups in total. The Kier molecular flexibility index (Phi) is 2.85. The monoisotopic (exact) mass is 279 g/mol. The van der Waals surface area contributed by atoms with Gasteiger partial charge >= 0.3 is 0 Å². The lowest BCUT2D eigenvalue weighted by Crippen LogP contribution is -2.07. The van der Waals surface area contributed by atoms with E-state index in [0.717, 1.165) is 6.07 Å². The van der Waals surface area contributed by atoms with Gasteiger partial charge in [-0.05, 0) is 19.1 Å². The van der Waals surface area contributed by atoms with E-state index in [9.17, 15) is 8.78 Å². The van der Waals surface area contributed by atoms with Crippen molar-refractivity contribution in [2.45, 2.75) is 19.9 Å². The predicted molar refractivity (Wildman–Crippen MR) is 66.8 cm³/mol. The zero-order valence-corrected chi connectivity index (χ0v) is 10.6. The highest BCUT2D eigenvalue weighted by atomic mass is 19.2. The second-order valence-corrected chi connectivity index (χ2v) is 4.34. The molecule has 0 bridgehead atoms. The van der Waals surface area contributed by atoms with Gasteiger partial charge < -0.3 is 14.8 Å². The van der Waals surface area contributed by atoms with Crippen LogP contribution in [0.15, 0.2) is 16.7 Å². The van der Waals surface area contributed by atoms with Crippen LogP contribution in [0.5, 0.6) is 0 Å². The van der Waals surface area contributed by atoms with Crippen molar-refractivity contribution in [3.8, 4) is 0 Å². The maximum atomic E-state index is 13.9. The van der Waals surface area contributed by atoms with Crippen LogP contribution in [0.1, 0.15) is 11.7 Å². The van der Waals surface area contributed by atoms with Gasteiger partial charge in [0.1, 0.15) is 5.52 Å². The third-order valence-electron chi connectivity index (χ3n) is 2.95. The summed E-state index contributed by atoms with van der Waals surface area (Å²) >= 11 is 0. The summed E-state index contributed by atoms with van der Waals surface area (Å²) in [6.07, 6.45) is 0.354. The van der Waals surface area contributed by atoms with Gasteiger partial charge in [0.15, 0.2) is 17.5 Å². The maximum absolute atomic E-state index is 13.9. The molecule has 0 aliphatic rings. The molecule has 0 fully saturated rings. The first-order valence-corrected chi connectivity index (χ1v) is 5.95. The molecule has 0 atom stereocenters. The van der Waals surface area contributed by atoms with Gasteiger partial charge in [-0.2, -0.15) is 4.98 Å². The number of hydrogen-bond donors (Lipinski definition) is 1. The first kappa shape index (κ1) is 12.5. The minimum atomic E-state index is -0.964. The quantitative estimate of drug-likeness (QED) is 0.790. The average molecular weight is 279 g/mol. The summed E-state index contributed by atoms with van der Waals surface area (Å²) in [5.41, 5.74) is 6.09. The van der Waals surface area contributed by atoms with Crippen LogP contribution in [0.2, 0.25) is 0 Å². The Bertz CT molecular complexity index is 780. The molecule has 20 heavy (non-hydrogen) atoms. The lowest BCUT2D eigenvalue weighted by atomic mass is 10.3. The minimum absolute atomic E-state index is 0.0405. The molecule has 8 heteroatoms. The summed E-state index contributed by atoms with van der Waals surface area (Å²) in [6, 6.07) is 2.41. The van der Waals surface area contributed by atoms with Gasteiger partial charge in [-0.15, -0.1) is 0 Å². The van der Waals surface area contributed by atoms with E-state index in [1.54, 1.807) is 6.92 Å². The molecule has 2 heterocycles. The van der Waals surface area contributed by atoms with E-state index in [2.05, 4.69) is 15.1 Å². The molecule has 0 aliphatic heterocycles. The van der Waals surface area contributed by atoms with E-state index in [1.165, 1.54) is 10.6 Å². The summed E-state index contributed by atoms with van der Waals surface area (Å²) in [5, 5.41) is 3.66. The number of imidazole rings is 1. The van der Waals surface area contributed by atoms with Gasteiger partial charge in [0, 0.05) is 13.0 Å².